The van der Waals surface area contributed by atoms with Gasteiger partial charge in [-0.25, -0.2) is 0 Å². The van der Waals surface area contributed by atoms with Gasteiger partial charge in [-0.05, 0) is 30.5 Å². The molecule has 2 N–H and O–H groups in total. The summed E-state index contributed by atoms with van der Waals surface area (Å²) < 4.78 is 4.83. The highest BCUT2D eigenvalue weighted by atomic mass is 35.5. The number of nitrogens with two attached hydrogens (primary N) is 1. The molecule has 1 rings (SSSR count). The normalized spacial score (nSPS) is 15.6. The number of hydrogen-bond donors (Lipinski definition) is 1. The Labute approximate surface area is 120 Å². The predicted molar refractivity (Wildman–Crippen MR) is 78.3 cm³/mol. The van der Waals surface area contributed by atoms with E-state index in [1.165, 1.54) is 7.11 Å². The molecule has 4 heteroatoms. The molecule has 1 aromatic rings. The maximum atomic E-state index is 11.8. The fourth-order valence-corrected chi connectivity index (χ4v) is 2.75. The molecule has 2 unspecified atom stereocenters. The highest BCUT2D eigenvalue weighted by Crippen LogP contribution is 2.37. The van der Waals surface area contributed by atoms with Crippen molar-refractivity contribution in [3.05, 3.63) is 34.9 Å². The van der Waals surface area contributed by atoms with Crippen LogP contribution in [0.25, 0.3) is 0 Å². The van der Waals surface area contributed by atoms with Crippen LogP contribution in [0.3, 0.4) is 0 Å². The second-order valence-electron chi connectivity index (χ2n) is 4.79. The van der Waals surface area contributed by atoms with Gasteiger partial charge < -0.3 is 10.5 Å². The summed E-state index contributed by atoms with van der Waals surface area (Å²) in [7, 11) is 1.40. The molecule has 0 saturated carbocycles. The van der Waals surface area contributed by atoms with Crippen LogP contribution in [0.4, 0.5) is 0 Å². The monoisotopic (exact) mass is 283 g/mol. The summed E-state index contributed by atoms with van der Waals surface area (Å²) in [6.07, 6.45) is 1.82. The van der Waals surface area contributed by atoms with Crippen LogP contribution in [0.1, 0.15) is 38.7 Å². The van der Waals surface area contributed by atoms with E-state index < -0.39 is 5.41 Å². The third kappa shape index (κ3) is 3.48. The lowest BCUT2D eigenvalue weighted by Crippen LogP contribution is -2.46. The Hall–Kier alpha value is -1.06. The number of hydrogen-bond acceptors (Lipinski definition) is 3. The van der Waals surface area contributed by atoms with Crippen molar-refractivity contribution in [3.63, 3.8) is 0 Å². The van der Waals surface area contributed by atoms with Crippen molar-refractivity contribution in [1.82, 2.24) is 0 Å². The van der Waals surface area contributed by atoms with Crippen molar-refractivity contribution >= 4 is 17.6 Å². The molecular formula is C15H22ClNO2. The lowest BCUT2D eigenvalue weighted by Gasteiger charge is -2.38. The minimum absolute atomic E-state index is 0.116. The molecule has 0 fully saturated rings. The van der Waals surface area contributed by atoms with E-state index >= 15 is 0 Å². The minimum atomic E-state index is -0.424. The van der Waals surface area contributed by atoms with Crippen LogP contribution in [0.5, 0.6) is 0 Å². The van der Waals surface area contributed by atoms with Crippen LogP contribution in [-0.4, -0.2) is 19.1 Å². The number of ether oxygens (including phenoxy) is 1. The van der Waals surface area contributed by atoms with E-state index in [1.54, 1.807) is 0 Å². The number of halogens is 1. The van der Waals surface area contributed by atoms with Gasteiger partial charge in [-0.3, -0.25) is 4.79 Å². The van der Waals surface area contributed by atoms with Gasteiger partial charge in [-0.2, -0.15) is 0 Å². The Morgan fingerprint density at radius 2 is 2.16 bits per heavy atom. The third-order valence-corrected chi connectivity index (χ3v) is 4.10. The number of esters is 1. The van der Waals surface area contributed by atoms with E-state index in [2.05, 4.69) is 0 Å². The highest BCUT2D eigenvalue weighted by molar-refractivity contribution is 6.30. The Kier molecular flexibility index (Phi) is 5.83. The summed E-state index contributed by atoms with van der Waals surface area (Å²) in [5.74, 6) is -0.245. The zero-order valence-electron chi connectivity index (χ0n) is 11.8. The maximum Gasteiger partial charge on any atom is 0.306 e. The summed E-state index contributed by atoms with van der Waals surface area (Å²) in [4.78, 5) is 11.8. The van der Waals surface area contributed by atoms with E-state index in [9.17, 15) is 4.79 Å². The Morgan fingerprint density at radius 3 is 2.63 bits per heavy atom. The van der Waals surface area contributed by atoms with Crippen LogP contribution in [0, 0.1) is 0 Å². The summed E-state index contributed by atoms with van der Waals surface area (Å²) >= 11 is 6.07. The number of carbonyl (C=O) groups is 1. The molecular weight excluding hydrogens is 262 g/mol. The average molecular weight is 284 g/mol. The topological polar surface area (TPSA) is 52.3 Å². The average Bonchev–Trinajstić information content (AvgIpc) is 2.43. The van der Waals surface area contributed by atoms with Crippen LogP contribution in [0.15, 0.2) is 24.3 Å². The standard InChI is InChI=1S/C15H22ClNO2/c1-4-13(17)15(5-2,10-14(18)19-3)11-7-6-8-12(16)9-11/h6-9,13H,4-5,10,17H2,1-3H3. The zero-order chi connectivity index (χ0) is 14.5. The van der Waals surface area contributed by atoms with E-state index in [-0.39, 0.29) is 18.4 Å². The molecule has 0 spiro atoms. The van der Waals surface area contributed by atoms with Gasteiger partial charge >= 0.3 is 5.97 Å². The van der Waals surface area contributed by atoms with Gasteiger partial charge in [-0.1, -0.05) is 37.6 Å². The number of methoxy groups -OCH3 is 1. The van der Waals surface area contributed by atoms with Gasteiger partial charge in [0.15, 0.2) is 0 Å². The van der Waals surface area contributed by atoms with E-state index in [1.807, 2.05) is 38.1 Å². The highest BCUT2D eigenvalue weighted by Gasteiger charge is 2.38. The summed E-state index contributed by atoms with van der Waals surface area (Å²) in [6.45, 7) is 4.07. The van der Waals surface area contributed by atoms with Crippen molar-refractivity contribution in [2.75, 3.05) is 7.11 Å². The lowest BCUT2D eigenvalue weighted by molar-refractivity contribution is -0.142. The SMILES string of the molecule is CCC(N)C(CC)(CC(=O)OC)c1cccc(Cl)c1. The fourth-order valence-electron chi connectivity index (χ4n) is 2.56. The van der Waals surface area contributed by atoms with Crippen molar-refractivity contribution in [2.45, 2.75) is 44.6 Å². The Morgan fingerprint density at radius 1 is 1.47 bits per heavy atom. The van der Waals surface area contributed by atoms with Gasteiger partial charge in [0, 0.05) is 16.5 Å². The van der Waals surface area contributed by atoms with Crippen molar-refractivity contribution < 1.29 is 9.53 Å². The largest absolute Gasteiger partial charge is 0.469 e. The predicted octanol–water partition coefficient (Wildman–Crippen LogP) is 3.29. The Bertz CT molecular complexity index is 436. The number of rotatable bonds is 6. The number of benzene rings is 1. The first-order valence-corrected chi connectivity index (χ1v) is 6.96. The second-order valence-corrected chi connectivity index (χ2v) is 5.22. The molecule has 0 aliphatic heterocycles. The molecule has 3 nitrogen and oxygen atoms in total. The van der Waals surface area contributed by atoms with Gasteiger partial charge in [-0.15, -0.1) is 0 Å². The van der Waals surface area contributed by atoms with Crippen molar-refractivity contribution in [3.8, 4) is 0 Å². The summed E-state index contributed by atoms with van der Waals surface area (Å²) in [5, 5.41) is 0.656. The molecule has 0 bridgehead atoms. The molecule has 0 radical (unpaired) electrons. The third-order valence-electron chi connectivity index (χ3n) is 3.87. The number of carbonyl (C=O) groups excluding carboxylic acids is 1. The van der Waals surface area contributed by atoms with Gasteiger partial charge in [0.05, 0.1) is 13.5 Å². The maximum absolute atomic E-state index is 11.8. The Balaban J connectivity index is 3.27. The molecule has 0 aromatic heterocycles. The molecule has 106 valence electrons. The van der Waals surface area contributed by atoms with E-state index in [4.69, 9.17) is 22.1 Å². The zero-order valence-corrected chi connectivity index (χ0v) is 12.5. The molecule has 2 atom stereocenters. The molecule has 0 heterocycles. The smallest absolute Gasteiger partial charge is 0.306 e. The van der Waals surface area contributed by atoms with Crippen molar-refractivity contribution in [1.29, 1.82) is 0 Å². The first-order valence-electron chi connectivity index (χ1n) is 6.58. The molecule has 0 aliphatic carbocycles. The van der Waals surface area contributed by atoms with Crippen LogP contribution in [0.2, 0.25) is 5.02 Å². The first kappa shape index (κ1) is 16.0. The molecule has 1 aromatic carbocycles. The molecule has 0 amide bonds. The van der Waals surface area contributed by atoms with Gasteiger partial charge in [0.2, 0.25) is 0 Å². The second kappa shape index (κ2) is 6.92. The summed E-state index contributed by atoms with van der Waals surface area (Å²) in [5.41, 5.74) is 6.88. The first-order chi connectivity index (χ1) is 9.00. The quantitative estimate of drug-likeness (QED) is 0.815. The van der Waals surface area contributed by atoms with E-state index in [0.29, 0.717) is 5.02 Å². The molecule has 0 aliphatic rings. The van der Waals surface area contributed by atoms with Crippen LogP contribution >= 0.6 is 11.6 Å². The fraction of sp³-hybridized carbons (Fsp3) is 0.533. The van der Waals surface area contributed by atoms with E-state index in [0.717, 1.165) is 18.4 Å². The lowest BCUT2D eigenvalue weighted by atomic mass is 9.69. The van der Waals surface area contributed by atoms with Crippen LogP contribution in [-0.2, 0) is 14.9 Å². The van der Waals surface area contributed by atoms with Gasteiger partial charge in [0.1, 0.15) is 0 Å². The van der Waals surface area contributed by atoms with Gasteiger partial charge in [0.25, 0.3) is 0 Å². The van der Waals surface area contributed by atoms with Crippen molar-refractivity contribution in [2.24, 2.45) is 5.73 Å². The van der Waals surface area contributed by atoms with Crippen LogP contribution < -0.4 is 5.73 Å². The molecule has 19 heavy (non-hydrogen) atoms. The molecule has 0 saturated heterocycles. The summed E-state index contributed by atoms with van der Waals surface area (Å²) in [6, 6.07) is 7.47. The minimum Gasteiger partial charge on any atom is -0.469 e.